The van der Waals surface area contributed by atoms with Gasteiger partial charge in [0.15, 0.2) is 11.5 Å². The van der Waals surface area contributed by atoms with Gasteiger partial charge in [-0.2, -0.15) is 0 Å². The first-order valence-electron chi connectivity index (χ1n) is 10.3. The normalized spacial score (nSPS) is 17.5. The van der Waals surface area contributed by atoms with E-state index in [0.29, 0.717) is 28.5 Å². The Balaban J connectivity index is 1.29. The van der Waals surface area contributed by atoms with Crippen LogP contribution in [0.3, 0.4) is 0 Å². The zero-order chi connectivity index (χ0) is 22.7. The third-order valence-electron chi connectivity index (χ3n) is 5.36. The molecule has 1 saturated heterocycles. The van der Waals surface area contributed by atoms with E-state index in [4.69, 9.17) is 9.47 Å². The van der Waals surface area contributed by atoms with Crippen molar-refractivity contribution >= 4 is 35.5 Å². The maximum absolute atomic E-state index is 12.5. The topological polar surface area (TPSA) is 134 Å². The Labute approximate surface area is 183 Å². The van der Waals surface area contributed by atoms with Gasteiger partial charge in [0.25, 0.3) is 0 Å². The van der Waals surface area contributed by atoms with Crippen molar-refractivity contribution in [1.29, 1.82) is 0 Å². The number of nitrogens with one attached hydrogen (secondary N) is 2. The van der Waals surface area contributed by atoms with Crippen LogP contribution >= 0.6 is 0 Å². The number of hydrogen-bond acceptors (Lipinski definition) is 7. The Morgan fingerprint density at radius 3 is 2.56 bits per heavy atom. The predicted molar refractivity (Wildman–Crippen MR) is 110 cm³/mol. The van der Waals surface area contributed by atoms with Crippen molar-refractivity contribution in [3.8, 4) is 11.5 Å². The van der Waals surface area contributed by atoms with Crippen LogP contribution in [0.15, 0.2) is 29.8 Å². The Hall–Kier alpha value is -3.89. The van der Waals surface area contributed by atoms with E-state index in [1.807, 2.05) is 5.32 Å². The van der Waals surface area contributed by atoms with E-state index in [2.05, 4.69) is 11.4 Å². The average Bonchev–Trinajstić information content (AvgIpc) is 3.32. The molecule has 0 radical (unpaired) electrons. The van der Waals surface area contributed by atoms with Crippen LogP contribution in [-0.2, 0) is 14.4 Å². The predicted octanol–water partition coefficient (Wildman–Crippen LogP) is 1.74. The summed E-state index contributed by atoms with van der Waals surface area (Å²) in [6.45, 7) is -0.580. The van der Waals surface area contributed by atoms with Crippen LogP contribution in [0.4, 0.5) is 15.3 Å². The molecule has 0 saturated carbocycles. The van der Waals surface area contributed by atoms with Gasteiger partial charge in [-0.05, 0) is 44.2 Å². The van der Waals surface area contributed by atoms with Gasteiger partial charge in [0.05, 0.1) is 0 Å². The molecule has 11 heteroatoms. The number of benzene rings is 1. The van der Waals surface area contributed by atoms with Crippen LogP contribution in [0.1, 0.15) is 32.1 Å². The van der Waals surface area contributed by atoms with Crippen LogP contribution in [0, 0.1) is 0 Å². The maximum atomic E-state index is 12.5. The molecule has 32 heavy (non-hydrogen) atoms. The fraction of sp³-hybridized carbons (Fsp3) is 0.381. The van der Waals surface area contributed by atoms with Crippen molar-refractivity contribution in [2.75, 3.05) is 25.2 Å². The first-order valence-corrected chi connectivity index (χ1v) is 10.3. The number of amides is 7. The van der Waals surface area contributed by atoms with Gasteiger partial charge in [-0.15, -0.1) is 0 Å². The van der Waals surface area contributed by atoms with E-state index in [1.165, 1.54) is 6.07 Å². The molecule has 0 unspecified atom stereocenters. The molecule has 0 bridgehead atoms. The molecule has 1 aliphatic carbocycles. The van der Waals surface area contributed by atoms with Crippen molar-refractivity contribution in [1.82, 2.24) is 15.1 Å². The molecule has 7 amide bonds. The third-order valence-corrected chi connectivity index (χ3v) is 5.36. The summed E-state index contributed by atoms with van der Waals surface area (Å²) < 4.78 is 10.4. The number of fused-ring (bicyclic) bond motifs is 1. The second-order valence-electron chi connectivity index (χ2n) is 7.56. The summed E-state index contributed by atoms with van der Waals surface area (Å²) in [4.78, 5) is 62.6. The molecule has 2 aliphatic heterocycles. The van der Waals surface area contributed by atoms with Crippen molar-refractivity contribution in [2.45, 2.75) is 32.1 Å². The molecular weight excluding hydrogens is 420 g/mol. The summed E-state index contributed by atoms with van der Waals surface area (Å²) in [5, 5.41) is 4.48. The minimum absolute atomic E-state index is 0.0781. The highest BCUT2D eigenvalue weighted by Gasteiger charge is 2.45. The molecule has 0 atom stereocenters. The van der Waals surface area contributed by atoms with Crippen LogP contribution in [0.2, 0.25) is 0 Å². The molecule has 4 rings (SSSR count). The molecule has 1 aromatic rings. The monoisotopic (exact) mass is 442 g/mol. The Kier molecular flexibility index (Phi) is 6.06. The molecule has 0 aromatic heterocycles. The lowest BCUT2D eigenvalue weighted by Crippen LogP contribution is -2.44. The molecular formula is C21H22N4O7. The van der Waals surface area contributed by atoms with Crippen molar-refractivity contribution in [3.63, 3.8) is 0 Å². The van der Waals surface area contributed by atoms with Gasteiger partial charge >= 0.3 is 23.9 Å². The highest BCUT2D eigenvalue weighted by molar-refractivity contribution is 6.45. The first kappa shape index (κ1) is 21.3. The van der Waals surface area contributed by atoms with Crippen molar-refractivity contribution in [3.05, 3.63) is 29.8 Å². The quantitative estimate of drug-likeness (QED) is 0.389. The first-order chi connectivity index (χ1) is 15.4. The lowest BCUT2D eigenvalue weighted by atomic mass is 9.97. The zero-order valence-electron chi connectivity index (χ0n) is 17.2. The minimum atomic E-state index is -1.08. The van der Waals surface area contributed by atoms with Gasteiger partial charge in [-0.25, -0.2) is 14.5 Å². The van der Waals surface area contributed by atoms with Crippen LogP contribution in [0.5, 0.6) is 11.5 Å². The highest BCUT2D eigenvalue weighted by atomic mass is 16.7. The SMILES string of the molecule is O=C(CN1C(=O)C(=O)N(CCC2=CCCCC2)C1=O)NC(=O)Nc1ccc2c(c1)OCO2. The van der Waals surface area contributed by atoms with Gasteiger partial charge in [0.2, 0.25) is 12.7 Å². The summed E-state index contributed by atoms with van der Waals surface area (Å²) >= 11 is 0. The fourth-order valence-corrected chi connectivity index (χ4v) is 3.72. The standard InChI is InChI=1S/C21H22N4O7/c26-17(23-20(29)22-14-6-7-15-16(10-14)32-12-31-15)11-25-19(28)18(27)24(21(25)30)9-8-13-4-2-1-3-5-13/h4,6-7,10H,1-3,5,8-9,11-12H2,(H2,22,23,26,29). The lowest BCUT2D eigenvalue weighted by Gasteiger charge is -2.17. The molecule has 2 heterocycles. The number of carbonyl (C=O) groups excluding carboxylic acids is 5. The number of imide groups is 3. The Morgan fingerprint density at radius 1 is 1.00 bits per heavy atom. The molecule has 11 nitrogen and oxygen atoms in total. The lowest BCUT2D eigenvalue weighted by molar-refractivity contribution is -0.143. The van der Waals surface area contributed by atoms with Crippen molar-refractivity contribution in [2.24, 2.45) is 0 Å². The number of anilines is 1. The number of allylic oxidation sites excluding steroid dienone is 1. The van der Waals surface area contributed by atoms with Crippen LogP contribution < -0.4 is 20.1 Å². The van der Waals surface area contributed by atoms with E-state index in [-0.39, 0.29) is 13.3 Å². The van der Waals surface area contributed by atoms with Gasteiger partial charge in [-0.3, -0.25) is 24.6 Å². The average molecular weight is 442 g/mol. The summed E-state index contributed by atoms with van der Waals surface area (Å²) in [6.07, 6.45) is 6.66. The smallest absolute Gasteiger partial charge is 0.334 e. The summed E-state index contributed by atoms with van der Waals surface area (Å²) in [5.74, 6) is -1.98. The molecule has 0 spiro atoms. The van der Waals surface area contributed by atoms with Crippen LogP contribution in [-0.4, -0.2) is 59.5 Å². The van der Waals surface area contributed by atoms with E-state index in [1.54, 1.807) is 12.1 Å². The van der Waals surface area contributed by atoms with Crippen molar-refractivity contribution < 1.29 is 33.4 Å². The second-order valence-corrected chi connectivity index (χ2v) is 7.56. The van der Waals surface area contributed by atoms with E-state index in [9.17, 15) is 24.0 Å². The largest absolute Gasteiger partial charge is 0.454 e. The Morgan fingerprint density at radius 2 is 1.78 bits per heavy atom. The number of hydrogen-bond donors (Lipinski definition) is 2. The van der Waals surface area contributed by atoms with Gasteiger partial charge in [-0.1, -0.05) is 11.6 Å². The number of urea groups is 2. The Bertz CT molecular complexity index is 1020. The number of nitrogens with zero attached hydrogens (tertiary/aromatic N) is 2. The number of carbonyl (C=O) groups is 5. The maximum Gasteiger partial charge on any atom is 0.334 e. The molecule has 3 aliphatic rings. The summed E-state index contributed by atoms with van der Waals surface area (Å²) in [6, 6.07) is 2.97. The van der Waals surface area contributed by atoms with E-state index < -0.39 is 36.3 Å². The number of ether oxygens (including phenoxy) is 2. The summed E-state index contributed by atoms with van der Waals surface area (Å²) in [7, 11) is 0. The second kappa shape index (κ2) is 9.08. The summed E-state index contributed by atoms with van der Waals surface area (Å²) in [5.41, 5.74) is 1.51. The van der Waals surface area contributed by atoms with E-state index in [0.717, 1.165) is 36.2 Å². The minimum Gasteiger partial charge on any atom is -0.454 e. The van der Waals surface area contributed by atoms with Gasteiger partial charge in [0, 0.05) is 18.3 Å². The fourth-order valence-electron chi connectivity index (χ4n) is 3.72. The molecule has 1 aromatic carbocycles. The molecule has 168 valence electrons. The third kappa shape index (κ3) is 4.56. The van der Waals surface area contributed by atoms with Crippen LogP contribution in [0.25, 0.3) is 0 Å². The molecule has 1 fully saturated rings. The number of rotatable bonds is 6. The zero-order valence-corrected chi connectivity index (χ0v) is 17.2. The molecule has 2 N–H and O–H groups in total. The van der Waals surface area contributed by atoms with Gasteiger partial charge < -0.3 is 14.8 Å². The van der Waals surface area contributed by atoms with Gasteiger partial charge in [0.1, 0.15) is 6.54 Å². The highest BCUT2D eigenvalue weighted by Crippen LogP contribution is 2.34. The van der Waals surface area contributed by atoms with E-state index >= 15 is 0 Å².